The van der Waals surface area contributed by atoms with Crippen molar-refractivity contribution in [2.24, 2.45) is 5.41 Å². The number of H-pyrrole nitrogens is 1. The summed E-state index contributed by atoms with van der Waals surface area (Å²) in [5, 5.41) is 19.7. The molecule has 0 unspecified atom stereocenters. The molecule has 3 aliphatic heterocycles. The van der Waals surface area contributed by atoms with Gasteiger partial charge in [-0.05, 0) is 48.5 Å². The van der Waals surface area contributed by atoms with Crippen LogP contribution in [0, 0.1) is 16.7 Å². The van der Waals surface area contributed by atoms with Crippen LogP contribution in [0.3, 0.4) is 0 Å². The Morgan fingerprint density at radius 1 is 1.10 bits per heavy atom. The van der Waals surface area contributed by atoms with Crippen LogP contribution in [0.15, 0.2) is 61.1 Å². The van der Waals surface area contributed by atoms with Gasteiger partial charge in [0.2, 0.25) is 5.95 Å². The molecule has 7 rings (SSSR count). The Bertz CT molecular complexity index is 1780. The van der Waals surface area contributed by atoms with Gasteiger partial charge in [0, 0.05) is 61.3 Å². The molecule has 4 aromatic rings. The Morgan fingerprint density at radius 3 is 2.56 bits per heavy atom. The molecular weight excluding hydrogens is 615 g/mol. The van der Waals surface area contributed by atoms with Crippen LogP contribution in [-0.2, 0) is 4.74 Å². The number of carbonyl (C=O) groups excluding carboxylic acids is 1. The zero-order chi connectivity index (χ0) is 33.3. The molecule has 248 valence electrons. The lowest BCUT2D eigenvalue weighted by Gasteiger charge is -2.45. The fourth-order valence-corrected chi connectivity index (χ4v) is 6.53. The number of alkyl halides is 1. The number of nitrogens with one attached hydrogen (secondary N) is 2. The first kappa shape index (κ1) is 31.5. The van der Waals surface area contributed by atoms with Crippen molar-refractivity contribution >= 4 is 23.2 Å². The number of benzene rings is 2. The topological polar surface area (TPSA) is 148 Å². The maximum atomic E-state index is 15.6. The Labute approximate surface area is 277 Å². The van der Waals surface area contributed by atoms with Crippen molar-refractivity contribution < 1.29 is 18.7 Å². The molecule has 1 amide bonds. The number of amides is 1. The highest BCUT2D eigenvalue weighted by Gasteiger charge is 2.46. The molecule has 3 saturated heterocycles. The van der Waals surface area contributed by atoms with Crippen LogP contribution in [-0.4, -0.2) is 112 Å². The number of hydrogen-bond acceptors (Lipinski definition) is 11. The van der Waals surface area contributed by atoms with Crippen molar-refractivity contribution in [1.29, 1.82) is 5.26 Å². The van der Waals surface area contributed by atoms with E-state index in [1.54, 1.807) is 24.3 Å². The minimum atomic E-state index is -1.48. The monoisotopic (exact) mass is 652 g/mol. The van der Waals surface area contributed by atoms with Crippen LogP contribution in [0.2, 0.25) is 0 Å². The quantitative estimate of drug-likeness (QED) is 0.287. The van der Waals surface area contributed by atoms with Crippen LogP contribution < -0.4 is 15.0 Å². The van der Waals surface area contributed by atoms with E-state index in [0.717, 1.165) is 45.1 Å². The molecule has 5 heterocycles. The fraction of sp³-hybridized carbons (Fsp3) is 0.412. The SMILES string of the molecule is CC1(C)CN(C(=O)c2ccn[nH]2)C[C@H](F)[C@H]1Oc1ccc(-c2ncnc(Nc3ccc(N4CCN(C5COC5)CC4)cc3)n2)cc1C#N. The first-order valence-electron chi connectivity index (χ1n) is 16.0. The molecule has 3 aliphatic rings. The number of likely N-dealkylation sites (tertiary alicyclic amines) is 1. The van der Waals surface area contributed by atoms with E-state index in [1.807, 2.05) is 26.0 Å². The van der Waals surface area contributed by atoms with Gasteiger partial charge in [-0.15, -0.1) is 0 Å². The molecule has 3 fully saturated rings. The molecule has 0 spiro atoms. The number of ether oxygens (including phenoxy) is 2. The van der Waals surface area contributed by atoms with E-state index >= 15 is 4.39 Å². The van der Waals surface area contributed by atoms with Crippen molar-refractivity contribution in [2.45, 2.75) is 32.2 Å². The minimum absolute atomic E-state index is 0.136. The molecule has 14 heteroatoms. The summed E-state index contributed by atoms with van der Waals surface area (Å²) < 4.78 is 27.1. The van der Waals surface area contributed by atoms with E-state index in [2.05, 4.69) is 58.5 Å². The number of nitriles is 1. The first-order chi connectivity index (χ1) is 23.3. The summed E-state index contributed by atoms with van der Waals surface area (Å²) in [5.41, 5.74) is 2.37. The maximum Gasteiger partial charge on any atom is 0.271 e. The summed E-state index contributed by atoms with van der Waals surface area (Å²) in [7, 11) is 0. The van der Waals surface area contributed by atoms with E-state index in [9.17, 15) is 10.1 Å². The van der Waals surface area contributed by atoms with E-state index in [-0.39, 0.29) is 30.3 Å². The third-order valence-corrected chi connectivity index (χ3v) is 9.23. The average Bonchev–Trinajstić information content (AvgIpc) is 3.61. The van der Waals surface area contributed by atoms with Gasteiger partial charge >= 0.3 is 0 Å². The Kier molecular flexibility index (Phi) is 8.63. The molecule has 48 heavy (non-hydrogen) atoms. The van der Waals surface area contributed by atoms with Gasteiger partial charge in [-0.25, -0.2) is 14.4 Å². The van der Waals surface area contributed by atoms with Crippen LogP contribution in [0.25, 0.3) is 11.4 Å². The molecule has 0 radical (unpaired) electrons. The molecule has 13 nitrogen and oxygen atoms in total. The number of hydrogen-bond donors (Lipinski definition) is 2. The van der Waals surface area contributed by atoms with Gasteiger partial charge in [-0.3, -0.25) is 14.8 Å². The number of aromatic nitrogens is 5. The number of halogens is 1. The van der Waals surface area contributed by atoms with Crippen molar-refractivity contribution in [3.63, 3.8) is 0 Å². The number of anilines is 3. The summed E-state index contributed by atoms with van der Waals surface area (Å²) >= 11 is 0. The number of piperazine rings is 1. The normalized spacial score (nSPS) is 21.3. The van der Waals surface area contributed by atoms with Crippen LogP contribution in [0.4, 0.5) is 21.7 Å². The van der Waals surface area contributed by atoms with Crippen molar-refractivity contribution in [3.8, 4) is 23.2 Å². The van der Waals surface area contributed by atoms with Gasteiger partial charge < -0.3 is 24.6 Å². The van der Waals surface area contributed by atoms with Gasteiger partial charge in [0.05, 0.1) is 31.4 Å². The van der Waals surface area contributed by atoms with Gasteiger partial charge in [-0.2, -0.15) is 15.3 Å². The molecule has 0 saturated carbocycles. The molecule has 2 aromatic carbocycles. The molecular formula is C34H37FN10O3. The van der Waals surface area contributed by atoms with E-state index < -0.39 is 17.7 Å². The first-order valence-corrected chi connectivity index (χ1v) is 16.0. The third kappa shape index (κ3) is 6.51. The molecule has 2 aromatic heterocycles. The highest BCUT2D eigenvalue weighted by molar-refractivity contribution is 5.92. The Balaban J connectivity index is 0.998. The number of nitrogens with zero attached hydrogens (tertiary/aromatic N) is 8. The van der Waals surface area contributed by atoms with E-state index in [4.69, 9.17) is 9.47 Å². The Morgan fingerprint density at radius 2 is 1.90 bits per heavy atom. The molecule has 2 N–H and O–H groups in total. The van der Waals surface area contributed by atoms with Crippen LogP contribution in [0.1, 0.15) is 29.9 Å². The number of rotatable bonds is 8. The van der Waals surface area contributed by atoms with E-state index in [0.29, 0.717) is 29.1 Å². The van der Waals surface area contributed by atoms with Crippen molar-refractivity contribution in [1.82, 2.24) is 34.9 Å². The van der Waals surface area contributed by atoms with Gasteiger partial charge in [0.25, 0.3) is 5.91 Å². The average molecular weight is 653 g/mol. The number of piperidine rings is 1. The van der Waals surface area contributed by atoms with Crippen LogP contribution in [0.5, 0.6) is 5.75 Å². The fourth-order valence-electron chi connectivity index (χ4n) is 6.53. The lowest BCUT2D eigenvalue weighted by Crippen LogP contribution is -2.59. The summed E-state index contributed by atoms with van der Waals surface area (Å²) in [6, 6.07) is 17.5. The number of aromatic amines is 1. The van der Waals surface area contributed by atoms with Crippen molar-refractivity contribution in [2.75, 3.05) is 62.7 Å². The largest absolute Gasteiger partial charge is 0.485 e. The van der Waals surface area contributed by atoms with Gasteiger partial charge in [0.1, 0.15) is 29.9 Å². The van der Waals surface area contributed by atoms with E-state index in [1.165, 1.54) is 23.1 Å². The van der Waals surface area contributed by atoms with Crippen LogP contribution >= 0.6 is 0 Å². The highest BCUT2D eigenvalue weighted by Crippen LogP contribution is 2.36. The smallest absolute Gasteiger partial charge is 0.271 e. The molecule has 2 atom stereocenters. The van der Waals surface area contributed by atoms with Gasteiger partial charge in [-0.1, -0.05) is 13.8 Å². The zero-order valence-electron chi connectivity index (χ0n) is 26.8. The van der Waals surface area contributed by atoms with Gasteiger partial charge in [0.15, 0.2) is 12.0 Å². The summed E-state index contributed by atoms with van der Waals surface area (Å²) in [6.45, 7) is 9.54. The maximum absolute atomic E-state index is 15.6. The standard InChI is InChI=1S/C34H37FN10O3/c1-34(2)20-45(32(46)28-9-10-39-42-28)17-27(35)30(34)48-29-8-3-22(15-23(29)16-36)31-37-21-38-33(41-31)40-24-4-6-25(7-5-24)43-11-13-44(14-12-43)26-18-47-19-26/h3-10,15,21,26-27,30H,11-14,17-20H2,1-2H3,(H,39,42)(H,37,38,40,41)/t27-,30+/m0/s1. The highest BCUT2D eigenvalue weighted by atomic mass is 19.1. The number of carbonyl (C=O) groups is 1. The second-order valence-corrected chi connectivity index (χ2v) is 13.0. The van der Waals surface area contributed by atoms with Crippen molar-refractivity contribution in [3.05, 3.63) is 72.3 Å². The summed E-state index contributed by atoms with van der Waals surface area (Å²) in [6.07, 6.45) is 0.538. The Hall–Kier alpha value is -5.13. The third-order valence-electron chi connectivity index (χ3n) is 9.23. The second-order valence-electron chi connectivity index (χ2n) is 13.0. The predicted octanol–water partition coefficient (Wildman–Crippen LogP) is 3.67. The molecule has 0 bridgehead atoms. The molecule has 0 aliphatic carbocycles. The lowest BCUT2D eigenvalue weighted by molar-refractivity contribution is -0.0660. The lowest BCUT2D eigenvalue weighted by atomic mass is 9.80. The second kappa shape index (κ2) is 13.2. The predicted molar refractivity (Wildman–Crippen MR) is 176 cm³/mol. The zero-order valence-corrected chi connectivity index (χ0v) is 26.8. The minimum Gasteiger partial charge on any atom is -0.485 e. The summed E-state index contributed by atoms with van der Waals surface area (Å²) in [5.74, 6) is 0.662. The summed E-state index contributed by atoms with van der Waals surface area (Å²) in [4.78, 5) is 32.4.